The largest absolute Gasteiger partial charge is 0.508 e. The molecule has 1 amide bonds. The van der Waals surface area contributed by atoms with Crippen LogP contribution in [0, 0.1) is 6.92 Å². The molecule has 0 aliphatic rings. The second-order valence-corrected chi connectivity index (χ2v) is 5.85. The van der Waals surface area contributed by atoms with E-state index in [2.05, 4.69) is 5.32 Å². The molecule has 0 aromatic heterocycles. The SMILES string of the molecule is CCc1cc(O)cc(C)c1C(OC)C(C)(Cl)NC(C)=O. The van der Waals surface area contributed by atoms with E-state index in [1.165, 1.54) is 6.92 Å². The summed E-state index contributed by atoms with van der Waals surface area (Å²) in [4.78, 5) is 10.3. The molecule has 1 rings (SSSR count). The van der Waals surface area contributed by atoms with E-state index in [1.54, 1.807) is 26.2 Å². The van der Waals surface area contributed by atoms with Crippen LogP contribution in [0.4, 0.5) is 0 Å². The van der Waals surface area contributed by atoms with Crippen molar-refractivity contribution >= 4 is 17.5 Å². The van der Waals surface area contributed by atoms with Gasteiger partial charge in [-0.15, -0.1) is 0 Å². The normalized spacial score (nSPS) is 15.5. The highest BCUT2D eigenvalue weighted by Crippen LogP contribution is 2.37. The summed E-state index contributed by atoms with van der Waals surface area (Å²) in [7, 11) is 1.55. The number of phenolic OH excluding ortho intramolecular Hbond substituents is 1. The summed E-state index contributed by atoms with van der Waals surface area (Å²) in [6.45, 7) is 7.00. The van der Waals surface area contributed by atoms with Gasteiger partial charge in [-0.05, 0) is 49.1 Å². The zero-order valence-electron chi connectivity index (χ0n) is 12.6. The number of amides is 1. The molecule has 0 saturated carbocycles. The first kappa shape index (κ1) is 16.8. The highest BCUT2D eigenvalue weighted by molar-refractivity contribution is 6.24. The van der Waals surface area contributed by atoms with Crippen molar-refractivity contribution in [3.05, 3.63) is 28.8 Å². The molecule has 1 aromatic carbocycles. The highest BCUT2D eigenvalue weighted by Gasteiger charge is 2.36. The number of halogens is 1. The van der Waals surface area contributed by atoms with E-state index in [0.29, 0.717) is 0 Å². The van der Waals surface area contributed by atoms with Gasteiger partial charge in [-0.3, -0.25) is 4.79 Å². The van der Waals surface area contributed by atoms with Gasteiger partial charge in [-0.1, -0.05) is 18.5 Å². The first-order valence-corrected chi connectivity index (χ1v) is 6.93. The van der Waals surface area contributed by atoms with Gasteiger partial charge in [0.15, 0.2) is 0 Å². The van der Waals surface area contributed by atoms with Crippen LogP contribution in [0.1, 0.15) is 43.6 Å². The topological polar surface area (TPSA) is 58.6 Å². The van der Waals surface area contributed by atoms with Crippen LogP contribution in [0.15, 0.2) is 12.1 Å². The first-order valence-electron chi connectivity index (χ1n) is 6.55. The minimum Gasteiger partial charge on any atom is -0.508 e. The fourth-order valence-electron chi connectivity index (χ4n) is 2.54. The molecule has 0 aliphatic heterocycles. The standard InChI is InChI=1S/C15H22ClNO3/c1-6-11-8-12(19)7-9(2)13(11)14(20-5)15(4,16)17-10(3)18/h7-8,14,19H,6H2,1-5H3,(H,17,18). The van der Waals surface area contributed by atoms with Crippen molar-refractivity contribution in [3.8, 4) is 5.75 Å². The van der Waals surface area contributed by atoms with Crippen molar-refractivity contribution in [1.82, 2.24) is 5.32 Å². The van der Waals surface area contributed by atoms with Gasteiger partial charge < -0.3 is 15.2 Å². The number of rotatable bonds is 5. The third-order valence-corrected chi connectivity index (χ3v) is 3.54. The number of aryl methyl sites for hydroxylation is 2. The molecule has 0 bridgehead atoms. The number of methoxy groups -OCH3 is 1. The summed E-state index contributed by atoms with van der Waals surface area (Å²) in [5, 5.41) is 12.4. The molecule has 0 radical (unpaired) electrons. The maximum atomic E-state index is 11.3. The van der Waals surface area contributed by atoms with E-state index in [0.717, 1.165) is 23.1 Å². The molecule has 0 heterocycles. The lowest BCUT2D eigenvalue weighted by atomic mass is 9.91. The molecule has 2 N–H and O–H groups in total. The number of carbonyl (C=O) groups excluding carboxylic acids is 1. The van der Waals surface area contributed by atoms with E-state index < -0.39 is 11.1 Å². The second-order valence-electron chi connectivity index (χ2n) is 5.06. The molecular formula is C15H22ClNO3. The molecule has 1 aromatic rings. The molecule has 0 aliphatic carbocycles. The number of hydrogen-bond acceptors (Lipinski definition) is 3. The fourth-order valence-corrected chi connectivity index (χ4v) is 2.87. The molecule has 2 atom stereocenters. The number of aromatic hydroxyl groups is 1. The Hall–Kier alpha value is -1.26. The van der Waals surface area contributed by atoms with Crippen molar-refractivity contribution in [3.63, 3.8) is 0 Å². The number of alkyl halides is 1. The van der Waals surface area contributed by atoms with Crippen LogP contribution in [0.2, 0.25) is 0 Å². The van der Waals surface area contributed by atoms with Crippen LogP contribution in [0.25, 0.3) is 0 Å². The van der Waals surface area contributed by atoms with E-state index >= 15 is 0 Å². The van der Waals surface area contributed by atoms with Crippen molar-refractivity contribution in [1.29, 1.82) is 0 Å². The van der Waals surface area contributed by atoms with E-state index in [-0.39, 0.29) is 11.7 Å². The minimum absolute atomic E-state index is 0.216. The Kier molecular flexibility index (Phi) is 5.42. The van der Waals surface area contributed by atoms with Gasteiger partial charge in [0.2, 0.25) is 5.91 Å². The van der Waals surface area contributed by atoms with E-state index in [1.807, 2.05) is 13.8 Å². The minimum atomic E-state index is -1.06. The number of hydrogen-bond donors (Lipinski definition) is 2. The van der Waals surface area contributed by atoms with Crippen LogP contribution in [-0.4, -0.2) is 23.1 Å². The Balaban J connectivity index is 3.35. The Morgan fingerprint density at radius 1 is 1.55 bits per heavy atom. The van der Waals surface area contributed by atoms with Crippen LogP contribution in [0.3, 0.4) is 0 Å². The molecule has 20 heavy (non-hydrogen) atoms. The summed E-state index contributed by atoms with van der Waals surface area (Å²) in [5.74, 6) is -0.00668. The Morgan fingerprint density at radius 3 is 2.60 bits per heavy atom. The molecule has 5 heteroatoms. The van der Waals surface area contributed by atoms with Crippen LogP contribution >= 0.6 is 11.6 Å². The lowest BCUT2D eigenvalue weighted by Gasteiger charge is -2.34. The third-order valence-electron chi connectivity index (χ3n) is 3.25. The summed E-state index contributed by atoms with van der Waals surface area (Å²) >= 11 is 6.45. The number of phenols is 1. The van der Waals surface area contributed by atoms with Crippen molar-refractivity contribution in [2.45, 2.75) is 45.2 Å². The summed E-state index contributed by atoms with van der Waals surface area (Å²) in [6.07, 6.45) is 0.223. The van der Waals surface area contributed by atoms with Gasteiger partial charge in [0.1, 0.15) is 16.9 Å². The van der Waals surface area contributed by atoms with Crippen molar-refractivity contribution in [2.24, 2.45) is 0 Å². The number of carbonyl (C=O) groups is 1. The van der Waals surface area contributed by atoms with Gasteiger partial charge >= 0.3 is 0 Å². The molecule has 0 fully saturated rings. The highest BCUT2D eigenvalue weighted by atomic mass is 35.5. The predicted molar refractivity (Wildman–Crippen MR) is 80.0 cm³/mol. The lowest BCUT2D eigenvalue weighted by molar-refractivity contribution is -0.121. The van der Waals surface area contributed by atoms with Gasteiger partial charge in [0.05, 0.1) is 0 Å². The maximum Gasteiger partial charge on any atom is 0.218 e. The van der Waals surface area contributed by atoms with Crippen molar-refractivity contribution in [2.75, 3.05) is 7.11 Å². The monoisotopic (exact) mass is 299 g/mol. The molecular weight excluding hydrogens is 278 g/mol. The van der Waals surface area contributed by atoms with Crippen LogP contribution in [0.5, 0.6) is 5.75 Å². The molecule has 4 nitrogen and oxygen atoms in total. The van der Waals surface area contributed by atoms with Gasteiger partial charge in [-0.25, -0.2) is 0 Å². The molecule has 0 saturated heterocycles. The molecule has 112 valence electrons. The predicted octanol–water partition coefficient (Wildman–Crippen LogP) is 3.04. The average Bonchev–Trinajstić information content (AvgIpc) is 2.30. The zero-order valence-corrected chi connectivity index (χ0v) is 13.3. The zero-order chi connectivity index (χ0) is 15.5. The second kappa shape index (κ2) is 6.46. The van der Waals surface area contributed by atoms with E-state index in [9.17, 15) is 9.90 Å². The average molecular weight is 300 g/mol. The Bertz CT molecular complexity index is 500. The van der Waals surface area contributed by atoms with Crippen LogP contribution in [-0.2, 0) is 16.0 Å². The van der Waals surface area contributed by atoms with Gasteiger partial charge in [0, 0.05) is 14.0 Å². The summed E-state index contributed by atoms with van der Waals surface area (Å²) in [5.41, 5.74) is 2.73. The maximum absolute atomic E-state index is 11.3. The summed E-state index contributed by atoms with van der Waals surface area (Å²) in [6, 6.07) is 3.37. The lowest BCUT2D eigenvalue weighted by Crippen LogP contribution is -2.46. The van der Waals surface area contributed by atoms with E-state index in [4.69, 9.17) is 16.3 Å². The fraction of sp³-hybridized carbons (Fsp3) is 0.533. The van der Waals surface area contributed by atoms with Gasteiger partial charge in [0.25, 0.3) is 0 Å². The molecule has 2 unspecified atom stereocenters. The van der Waals surface area contributed by atoms with Crippen LogP contribution < -0.4 is 5.32 Å². The Labute approximate surface area is 125 Å². The smallest absolute Gasteiger partial charge is 0.218 e. The number of nitrogens with one attached hydrogen (secondary N) is 1. The Morgan fingerprint density at radius 2 is 2.15 bits per heavy atom. The van der Waals surface area contributed by atoms with Crippen molar-refractivity contribution < 1.29 is 14.6 Å². The molecule has 0 spiro atoms. The quantitative estimate of drug-likeness (QED) is 0.649. The number of ether oxygens (including phenoxy) is 1. The first-order chi connectivity index (χ1) is 9.22. The number of benzene rings is 1. The summed E-state index contributed by atoms with van der Waals surface area (Å²) < 4.78 is 5.54. The van der Waals surface area contributed by atoms with Gasteiger partial charge in [-0.2, -0.15) is 0 Å². The third kappa shape index (κ3) is 3.64.